The summed E-state index contributed by atoms with van der Waals surface area (Å²) in [5, 5.41) is 10.4. The number of hydrogen-bond acceptors (Lipinski definition) is 5. The molecule has 1 saturated heterocycles. The molecule has 1 fully saturated rings. The molecule has 0 spiro atoms. The molecule has 0 aromatic carbocycles. The fourth-order valence-corrected chi connectivity index (χ4v) is 3.76. The molecule has 0 bridgehead atoms. The minimum absolute atomic E-state index is 0.516. The number of likely N-dealkylation sites (tertiary alicyclic amines) is 1. The molecule has 3 N–H and O–H groups in total. The summed E-state index contributed by atoms with van der Waals surface area (Å²) in [6, 6.07) is 4.89. The SMILES string of the molecule is C=C(C)CN1CCC(NC(=C)NCCc2ccc3c(n2)NCCC3)CC1. The average molecular weight is 356 g/mol. The topological polar surface area (TPSA) is 52.2 Å². The number of fused-ring (bicyclic) bond motifs is 1. The Bertz CT molecular complexity index is 631. The molecule has 0 atom stereocenters. The third-order valence-corrected chi connectivity index (χ3v) is 5.13. The summed E-state index contributed by atoms with van der Waals surface area (Å²) in [6.45, 7) is 15.4. The quantitative estimate of drug-likeness (QED) is 0.626. The van der Waals surface area contributed by atoms with Crippen molar-refractivity contribution in [1.82, 2.24) is 20.5 Å². The van der Waals surface area contributed by atoms with Crippen molar-refractivity contribution >= 4 is 5.82 Å². The van der Waals surface area contributed by atoms with Crippen molar-refractivity contribution in [3.05, 3.63) is 47.9 Å². The predicted octanol–water partition coefficient (Wildman–Crippen LogP) is 2.67. The Kier molecular flexibility index (Phi) is 6.56. The van der Waals surface area contributed by atoms with E-state index in [1.165, 1.54) is 17.6 Å². The molecule has 0 unspecified atom stereocenters. The molecule has 5 heteroatoms. The van der Waals surface area contributed by atoms with E-state index < -0.39 is 0 Å². The van der Waals surface area contributed by atoms with Crippen molar-refractivity contribution < 1.29 is 0 Å². The lowest BCUT2D eigenvalue weighted by molar-refractivity contribution is 0.216. The van der Waals surface area contributed by atoms with Crippen molar-refractivity contribution in [1.29, 1.82) is 0 Å². The second kappa shape index (κ2) is 9.08. The summed E-state index contributed by atoms with van der Waals surface area (Å²) in [5.74, 6) is 2.01. The van der Waals surface area contributed by atoms with Gasteiger partial charge in [-0.3, -0.25) is 4.90 Å². The summed E-state index contributed by atoms with van der Waals surface area (Å²) >= 11 is 0. The number of anilines is 1. The highest BCUT2D eigenvalue weighted by molar-refractivity contribution is 5.47. The lowest BCUT2D eigenvalue weighted by Crippen LogP contribution is -2.44. The maximum Gasteiger partial charge on any atom is 0.129 e. The molecule has 3 rings (SSSR count). The number of pyridine rings is 1. The van der Waals surface area contributed by atoms with E-state index in [-0.39, 0.29) is 0 Å². The molecule has 26 heavy (non-hydrogen) atoms. The van der Waals surface area contributed by atoms with Crippen LogP contribution in [0.5, 0.6) is 0 Å². The minimum Gasteiger partial charge on any atom is -0.372 e. The molecule has 3 heterocycles. The summed E-state index contributed by atoms with van der Waals surface area (Å²) in [6.07, 6.45) is 5.57. The van der Waals surface area contributed by atoms with Crippen LogP contribution in [0.4, 0.5) is 5.82 Å². The first-order valence-corrected chi connectivity index (χ1v) is 9.89. The van der Waals surface area contributed by atoms with Crippen LogP contribution in [0.3, 0.4) is 0 Å². The monoisotopic (exact) mass is 355 g/mol. The summed E-state index contributed by atoms with van der Waals surface area (Å²) < 4.78 is 0. The fraction of sp³-hybridized carbons (Fsp3) is 0.571. The van der Waals surface area contributed by atoms with Crippen LogP contribution in [0.2, 0.25) is 0 Å². The Hall–Kier alpha value is -2.01. The molecule has 2 aliphatic heterocycles. The number of piperidine rings is 1. The zero-order valence-electron chi connectivity index (χ0n) is 16.1. The van der Waals surface area contributed by atoms with Crippen molar-refractivity contribution in [2.45, 2.75) is 45.1 Å². The van der Waals surface area contributed by atoms with Gasteiger partial charge in [-0.2, -0.15) is 0 Å². The smallest absolute Gasteiger partial charge is 0.129 e. The van der Waals surface area contributed by atoms with Gasteiger partial charge in [0.1, 0.15) is 5.82 Å². The maximum absolute atomic E-state index is 4.74. The van der Waals surface area contributed by atoms with E-state index in [4.69, 9.17) is 4.98 Å². The van der Waals surface area contributed by atoms with Crippen LogP contribution in [0.15, 0.2) is 36.7 Å². The number of aryl methyl sites for hydroxylation is 1. The van der Waals surface area contributed by atoms with Crippen molar-refractivity contribution in [3.8, 4) is 0 Å². The first-order chi connectivity index (χ1) is 12.6. The Labute approximate surface area is 158 Å². The van der Waals surface area contributed by atoms with Crippen molar-refractivity contribution in [2.24, 2.45) is 0 Å². The average Bonchev–Trinajstić information content (AvgIpc) is 2.63. The summed E-state index contributed by atoms with van der Waals surface area (Å²) in [7, 11) is 0. The molecule has 5 nitrogen and oxygen atoms in total. The molecule has 0 saturated carbocycles. The molecule has 0 amide bonds. The third-order valence-electron chi connectivity index (χ3n) is 5.13. The van der Waals surface area contributed by atoms with Gasteiger partial charge in [0.2, 0.25) is 0 Å². The standard InChI is InChI=1S/C21H33N5/c1-16(2)15-26-13-9-20(10-14-26)24-17(3)22-12-8-19-7-6-18-5-4-11-23-21(18)25-19/h6-7,20,22,24H,1,3-5,8-15H2,2H3,(H,23,25). The van der Waals surface area contributed by atoms with Gasteiger partial charge in [0.15, 0.2) is 0 Å². The van der Waals surface area contributed by atoms with Crippen LogP contribution >= 0.6 is 0 Å². The molecule has 2 aliphatic rings. The predicted molar refractivity (Wildman–Crippen MR) is 109 cm³/mol. The lowest BCUT2D eigenvalue weighted by Gasteiger charge is -2.33. The number of hydrogen-bond donors (Lipinski definition) is 3. The van der Waals surface area contributed by atoms with E-state index in [0.717, 1.165) is 75.7 Å². The Morgan fingerprint density at radius 2 is 2.12 bits per heavy atom. The molecular formula is C21H33N5. The fourth-order valence-electron chi connectivity index (χ4n) is 3.76. The zero-order chi connectivity index (χ0) is 18.4. The van der Waals surface area contributed by atoms with E-state index in [1.807, 2.05) is 0 Å². The number of nitrogens with one attached hydrogen (secondary N) is 3. The van der Waals surface area contributed by atoms with Gasteiger partial charge >= 0.3 is 0 Å². The summed E-state index contributed by atoms with van der Waals surface area (Å²) in [5.41, 5.74) is 3.72. The van der Waals surface area contributed by atoms with Gasteiger partial charge in [-0.1, -0.05) is 24.8 Å². The minimum atomic E-state index is 0.516. The molecule has 0 radical (unpaired) electrons. The van der Waals surface area contributed by atoms with Crippen LogP contribution in [0.25, 0.3) is 0 Å². The Balaban J connectivity index is 1.35. The van der Waals surface area contributed by atoms with E-state index in [2.05, 4.69) is 53.1 Å². The summed E-state index contributed by atoms with van der Waals surface area (Å²) in [4.78, 5) is 7.22. The third kappa shape index (κ3) is 5.49. The number of aromatic nitrogens is 1. The number of nitrogens with zero attached hydrogens (tertiary/aromatic N) is 2. The molecular weight excluding hydrogens is 322 g/mol. The maximum atomic E-state index is 4.74. The lowest BCUT2D eigenvalue weighted by atomic mass is 10.0. The highest BCUT2D eigenvalue weighted by Gasteiger charge is 2.19. The molecule has 142 valence electrons. The van der Waals surface area contributed by atoms with E-state index in [9.17, 15) is 0 Å². The van der Waals surface area contributed by atoms with E-state index in [0.29, 0.717) is 6.04 Å². The second-order valence-corrected chi connectivity index (χ2v) is 7.65. The van der Waals surface area contributed by atoms with Crippen molar-refractivity contribution in [3.63, 3.8) is 0 Å². The highest BCUT2D eigenvalue weighted by Crippen LogP contribution is 2.19. The Morgan fingerprint density at radius 3 is 2.88 bits per heavy atom. The van der Waals surface area contributed by atoms with Crippen LogP contribution in [-0.2, 0) is 12.8 Å². The zero-order valence-corrected chi connectivity index (χ0v) is 16.1. The van der Waals surface area contributed by atoms with Crippen LogP contribution < -0.4 is 16.0 Å². The molecule has 1 aromatic heterocycles. The van der Waals surface area contributed by atoms with Gasteiger partial charge in [0.25, 0.3) is 0 Å². The van der Waals surface area contributed by atoms with Crippen LogP contribution in [0, 0.1) is 0 Å². The van der Waals surface area contributed by atoms with Gasteiger partial charge in [-0.05, 0) is 44.2 Å². The van der Waals surface area contributed by atoms with Crippen LogP contribution in [0.1, 0.15) is 37.4 Å². The van der Waals surface area contributed by atoms with E-state index >= 15 is 0 Å². The normalized spacial score (nSPS) is 17.9. The first-order valence-electron chi connectivity index (χ1n) is 9.89. The van der Waals surface area contributed by atoms with Gasteiger partial charge in [-0.25, -0.2) is 4.98 Å². The van der Waals surface area contributed by atoms with Crippen LogP contribution in [-0.4, -0.2) is 48.6 Å². The van der Waals surface area contributed by atoms with Gasteiger partial charge < -0.3 is 16.0 Å². The number of rotatable bonds is 8. The first kappa shape index (κ1) is 18.8. The largest absolute Gasteiger partial charge is 0.372 e. The highest BCUT2D eigenvalue weighted by atomic mass is 15.2. The van der Waals surface area contributed by atoms with E-state index in [1.54, 1.807) is 0 Å². The van der Waals surface area contributed by atoms with Gasteiger partial charge in [-0.15, -0.1) is 0 Å². The second-order valence-electron chi connectivity index (χ2n) is 7.65. The molecule has 0 aliphatic carbocycles. The molecule has 1 aromatic rings. The van der Waals surface area contributed by atoms with Crippen molar-refractivity contribution in [2.75, 3.05) is 38.0 Å². The van der Waals surface area contributed by atoms with Gasteiger partial charge in [0, 0.05) is 50.9 Å². The van der Waals surface area contributed by atoms with Gasteiger partial charge in [0.05, 0.1) is 5.82 Å². The Morgan fingerprint density at radius 1 is 1.31 bits per heavy atom.